The molecule has 1 amide bonds. The molecule has 0 aliphatic rings. The van der Waals surface area contributed by atoms with E-state index in [1.54, 1.807) is 0 Å². The highest BCUT2D eigenvalue weighted by molar-refractivity contribution is 6.31. The third kappa shape index (κ3) is 4.18. The molecule has 2 aromatic rings. The minimum atomic E-state index is -0.527. The molecule has 0 bridgehead atoms. The predicted molar refractivity (Wildman–Crippen MR) is 94.0 cm³/mol. The van der Waals surface area contributed by atoms with E-state index in [1.807, 2.05) is 52.1 Å². The minimum absolute atomic E-state index is 0.383. The number of fused-ring (bicyclic) bond motifs is 1. The lowest BCUT2D eigenvalue weighted by Gasteiger charge is -2.29. The Kier molecular flexibility index (Phi) is 4.92. The molecule has 6 heteroatoms. The smallest absolute Gasteiger partial charge is 0.407 e. The Bertz CT molecular complexity index is 705. The highest BCUT2D eigenvalue weighted by Crippen LogP contribution is 2.31. The standard InChI is InChI=1S/C17H24ClN3O2/c1-16(2,3)23-15(22)21-10-17(4,9-19)13-8-20-14-7-11(18)5-6-12(13)14/h5-8,20H,9-10,19H2,1-4H3,(H,21,22). The third-order valence-electron chi connectivity index (χ3n) is 3.77. The number of amides is 1. The number of carbonyl (C=O) groups is 1. The largest absolute Gasteiger partial charge is 0.444 e. The second-order valence-corrected chi connectivity index (χ2v) is 7.45. The summed E-state index contributed by atoms with van der Waals surface area (Å²) in [5.41, 5.74) is 7.05. The quantitative estimate of drug-likeness (QED) is 0.798. The Balaban J connectivity index is 2.20. The summed E-state index contributed by atoms with van der Waals surface area (Å²) in [5.74, 6) is 0. The van der Waals surface area contributed by atoms with Crippen LogP contribution in [0.2, 0.25) is 5.02 Å². The molecule has 0 saturated carbocycles. The van der Waals surface area contributed by atoms with Gasteiger partial charge in [-0.05, 0) is 38.5 Å². The fourth-order valence-electron chi connectivity index (χ4n) is 2.46. The van der Waals surface area contributed by atoms with Crippen LogP contribution in [0.3, 0.4) is 0 Å². The maximum atomic E-state index is 11.9. The number of nitrogens with two attached hydrogens (primary N) is 1. The van der Waals surface area contributed by atoms with Crippen molar-refractivity contribution in [1.29, 1.82) is 0 Å². The van der Waals surface area contributed by atoms with Gasteiger partial charge in [0.2, 0.25) is 0 Å². The average Bonchev–Trinajstić information content (AvgIpc) is 2.86. The van der Waals surface area contributed by atoms with Gasteiger partial charge in [0.1, 0.15) is 5.60 Å². The van der Waals surface area contributed by atoms with E-state index in [4.69, 9.17) is 22.1 Å². The number of benzene rings is 1. The van der Waals surface area contributed by atoms with Crippen LogP contribution in [0.1, 0.15) is 33.3 Å². The normalized spacial score (nSPS) is 14.5. The zero-order chi connectivity index (χ0) is 17.3. The molecule has 0 radical (unpaired) electrons. The summed E-state index contributed by atoms with van der Waals surface area (Å²) < 4.78 is 5.28. The van der Waals surface area contributed by atoms with Crippen LogP contribution in [0, 0.1) is 0 Å². The van der Waals surface area contributed by atoms with Gasteiger partial charge in [-0.25, -0.2) is 4.79 Å². The van der Waals surface area contributed by atoms with Crippen LogP contribution in [0.15, 0.2) is 24.4 Å². The molecule has 1 heterocycles. The molecule has 23 heavy (non-hydrogen) atoms. The number of ether oxygens (including phenoxy) is 1. The van der Waals surface area contributed by atoms with Crippen molar-refractivity contribution in [3.63, 3.8) is 0 Å². The number of carbonyl (C=O) groups excluding carboxylic acids is 1. The molecule has 0 saturated heterocycles. The van der Waals surface area contributed by atoms with Crippen molar-refractivity contribution in [2.45, 2.75) is 38.7 Å². The van der Waals surface area contributed by atoms with Crippen LogP contribution in [-0.4, -0.2) is 29.8 Å². The van der Waals surface area contributed by atoms with Crippen molar-refractivity contribution >= 4 is 28.6 Å². The summed E-state index contributed by atoms with van der Waals surface area (Å²) in [7, 11) is 0. The van der Waals surface area contributed by atoms with Crippen molar-refractivity contribution in [1.82, 2.24) is 10.3 Å². The van der Waals surface area contributed by atoms with Gasteiger partial charge in [-0.1, -0.05) is 24.6 Å². The maximum Gasteiger partial charge on any atom is 0.407 e. The second kappa shape index (κ2) is 6.42. The van der Waals surface area contributed by atoms with Crippen LogP contribution in [-0.2, 0) is 10.2 Å². The van der Waals surface area contributed by atoms with E-state index >= 15 is 0 Å². The monoisotopic (exact) mass is 337 g/mol. The lowest BCUT2D eigenvalue weighted by Crippen LogP contribution is -2.45. The molecule has 2 rings (SSSR count). The number of aromatic nitrogens is 1. The van der Waals surface area contributed by atoms with Crippen LogP contribution in [0.25, 0.3) is 10.9 Å². The van der Waals surface area contributed by atoms with Crippen molar-refractivity contribution in [3.8, 4) is 0 Å². The van der Waals surface area contributed by atoms with E-state index in [0.717, 1.165) is 16.5 Å². The lowest BCUT2D eigenvalue weighted by atomic mass is 9.82. The van der Waals surface area contributed by atoms with Gasteiger partial charge >= 0.3 is 6.09 Å². The molecule has 1 atom stereocenters. The topological polar surface area (TPSA) is 80.1 Å². The molecular weight excluding hydrogens is 314 g/mol. The Labute approximate surface area is 141 Å². The van der Waals surface area contributed by atoms with E-state index in [9.17, 15) is 4.79 Å². The maximum absolute atomic E-state index is 11.9. The first kappa shape index (κ1) is 17.6. The summed E-state index contributed by atoms with van der Waals surface area (Å²) in [5, 5.41) is 4.54. The van der Waals surface area contributed by atoms with Gasteiger partial charge in [-0.2, -0.15) is 0 Å². The Morgan fingerprint density at radius 2 is 2.04 bits per heavy atom. The number of H-pyrrole nitrogens is 1. The van der Waals surface area contributed by atoms with Crippen molar-refractivity contribution in [2.75, 3.05) is 13.1 Å². The fourth-order valence-corrected chi connectivity index (χ4v) is 2.63. The summed E-state index contributed by atoms with van der Waals surface area (Å²) in [6.45, 7) is 8.28. The number of aromatic amines is 1. The summed E-state index contributed by atoms with van der Waals surface area (Å²) in [6, 6.07) is 5.68. The van der Waals surface area contributed by atoms with E-state index in [0.29, 0.717) is 18.1 Å². The molecule has 0 aliphatic heterocycles. The SMILES string of the molecule is CC(C)(C)OC(=O)NCC(C)(CN)c1c[nH]c2cc(Cl)ccc12. The molecule has 0 spiro atoms. The molecule has 0 aliphatic carbocycles. The Hall–Kier alpha value is -1.72. The highest BCUT2D eigenvalue weighted by atomic mass is 35.5. The second-order valence-electron chi connectivity index (χ2n) is 7.01. The van der Waals surface area contributed by atoms with Crippen molar-refractivity contribution in [3.05, 3.63) is 35.0 Å². The molecule has 1 unspecified atom stereocenters. The summed E-state index contributed by atoms with van der Waals surface area (Å²) in [4.78, 5) is 15.1. The van der Waals surface area contributed by atoms with Gasteiger partial charge in [-0.15, -0.1) is 0 Å². The van der Waals surface area contributed by atoms with E-state index < -0.39 is 17.1 Å². The number of halogens is 1. The zero-order valence-corrected chi connectivity index (χ0v) is 14.8. The first-order chi connectivity index (χ1) is 10.6. The van der Waals surface area contributed by atoms with E-state index in [-0.39, 0.29) is 0 Å². The average molecular weight is 338 g/mol. The number of hydrogen-bond donors (Lipinski definition) is 3. The van der Waals surface area contributed by atoms with Crippen LogP contribution in [0.5, 0.6) is 0 Å². The van der Waals surface area contributed by atoms with Gasteiger partial charge in [-0.3, -0.25) is 0 Å². The Morgan fingerprint density at radius 3 is 2.65 bits per heavy atom. The summed E-state index contributed by atoms with van der Waals surface area (Å²) in [6.07, 6.45) is 1.48. The highest BCUT2D eigenvalue weighted by Gasteiger charge is 2.29. The molecule has 1 aromatic heterocycles. The van der Waals surface area contributed by atoms with Crippen molar-refractivity contribution in [2.24, 2.45) is 5.73 Å². The first-order valence-corrected chi connectivity index (χ1v) is 7.96. The van der Waals surface area contributed by atoms with Gasteiger partial charge < -0.3 is 20.8 Å². The van der Waals surface area contributed by atoms with Crippen LogP contribution >= 0.6 is 11.6 Å². The number of hydrogen-bond acceptors (Lipinski definition) is 3. The molecular formula is C17H24ClN3O2. The molecule has 1 aromatic carbocycles. The van der Waals surface area contributed by atoms with Gasteiger partial charge in [0.25, 0.3) is 0 Å². The van der Waals surface area contributed by atoms with Gasteiger partial charge in [0.15, 0.2) is 0 Å². The summed E-state index contributed by atoms with van der Waals surface area (Å²) >= 11 is 6.02. The number of alkyl carbamates (subject to hydrolysis) is 1. The Morgan fingerprint density at radius 1 is 1.35 bits per heavy atom. The van der Waals surface area contributed by atoms with Crippen molar-refractivity contribution < 1.29 is 9.53 Å². The van der Waals surface area contributed by atoms with Crippen LogP contribution in [0.4, 0.5) is 4.79 Å². The number of rotatable bonds is 4. The molecule has 0 fully saturated rings. The zero-order valence-electron chi connectivity index (χ0n) is 14.0. The third-order valence-corrected chi connectivity index (χ3v) is 4.00. The van der Waals surface area contributed by atoms with E-state index in [2.05, 4.69) is 10.3 Å². The number of nitrogens with one attached hydrogen (secondary N) is 2. The minimum Gasteiger partial charge on any atom is -0.444 e. The molecule has 4 N–H and O–H groups in total. The predicted octanol–water partition coefficient (Wildman–Crippen LogP) is 3.56. The fraction of sp³-hybridized carbons (Fsp3) is 0.471. The van der Waals surface area contributed by atoms with Gasteiger partial charge in [0.05, 0.1) is 0 Å². The molecule has 5 nitrogen and oxygen atoms in total. The molecule has 126 valence electrons. The van der Waals surface area contributed by atoms with Crippen LogP contribution < -0.4 is 11.1 Å². The van der Waals surface area contributed by atoms with E-state index in [1.165, 1.54) is 0 Å². The van der Waals surface area contributed by atoms with Gasteiger partial charge in [0, 0.05) is 40.6 Å². The lowest BCUT2D eigenvalue weighted by molar-refractivity contribution is 0.0516. The first-order valence-electron chi connectivity index (χ1n) is 7.59.